The predicted octanol–water partition coefficient (Wildman–Crippen LogP) is 1.67. The molecule has 152 valence electrons. The van der Waals surface area contributed by atoms with Crippen LogP contribution in [0.5, 0.6) is 0 Å². The van der Waals surface area contributed by atoms with Crippen LogP contribution in [0.4, 0.5) is 4.39 Å². The van der Waals surface area contributed by atoms with Gasteiger partial charge in [-0.3, -0.25) is 4.79 Å². The number of carbonyl (C=O) groups is 1. The normalized spacial score (nSPS) is 16.2. The topological polar surface area (TPSA) is 105 Å². The van der Waals surface area contributed by atoms with Crippen molar-refractivity contribution in [2.24, 2.45) is 5.92 Å². The van der Waals surface area contributed by atoms with E-state index in [0.717, 1.165) is 6.07 Å². The number of benzene rings is 1. The average molecular weight is 410 g/mol. The van der Waals surface area contributed by atoms with Gasteiger partial charge in [-0.05, 0) is 38.3 Å². The standard InChI is InChI=1S/C18H23FN4O4S/c1-13-21-17(27-22-13)7-4-10-20-18(24)14-8-11-23(12-9-14)28(25,26)16-6-3-2-5-15(16)19/h2-3,5-6,14H,4,7-12H2,1H3,(H,20,24). The Hall–Kier alpha value is -2.33. The summed E-state index contributed by atoms with van der Waals surface area (Å²) in [6.07, 6.45) is 2.07. The van der Waals surface area contributed by atoms with Gasteiger partial charge in [-0.15, -0.1) is 0 Å². The van der Waals surface area contributed by atoms with Crippen molar-refractivity contribution >= 4 is 15.9 Å². The number of piperidine rings is 1. The average Bonchev–Trinajstić information content (AvgIpc) is 3.10. The van der Waals surface area contributed by atoms with Crippen LogP contribution in [0.2, 0.25) is 0 Å². The number of amides is 1. The molecular formula is C18H23FN4O4S. The van der Waals surface area contributed by atoms with Crippen molar-refractivity contribution in [3.05, 3.63) is 41.8 Å². The molecule has 0 atom stereocenters. The van der Waals surface area contributed by atoms with Crippen molar-refractivity contribution in [1.82, 2.24) is 19.8 Å². The zero-order valence-corrected chi connectivity index (χ0v) is 16.4. The van der Waals surface area contributed by atoms with E-state index in [1.165, 1.54) is 22.5 Å². The number of aromatic nitrogens is 2. The highest BCUT2D eigenvalue weighted by atomic mass is 32.2. The van der Waals surface area contributed by atoms with Crippen LogP contribution in [0.25, 0.3) is 0 Å². The van der Waals surface area contributed by atoms with Gasteiger partial charge in [-0.2, -0.15) is 9.29 Å². The van der Waals surface area contributed by atoms with E-state index in [9.17, 15) is 17.6 Å². The second-order valence-electron chi connectivity index (χ2n) is 6.74. The molecule has 0 aliphatic carbocycles. The minimum absolute atomic E-state index is 0.0929. The Morgan fingerprint density at radius 1 is 1.32 bits per heavy atom. The van der Waals surface area contributed by atoms with Gasteiger partial charge in [0, 0.05) is 32.0 Å². The molecule has 2 heterocycles. The lowest BCUT2D eigenvalue weighted by Gasteiger charge is -2.30. The maximum atomic E-state index is 13.9. The van der Waals surface area contributed by atoms with Crippen molar-refractivity contribution < 1.29 is 22.1 Å². The SMILES string of the molecule is Cc1noc(CCCNC(=O)C2CCN(S(=O)(=O)c3ccccc3F)CC2)n1. The molecule has 1 saturated heterocycles. The highest BCUT2D eigenvalue weighted by molar-refractivity contribution is 7.89. The van der Waals surface area contributed by atoms with Gasteiger partial charge < -0.3 is 9.84 Å². The Bertz CT molecular complexity index is 923. The van der Waals surface area contributed by atoms with Crippen LogP contribution in [0.15, 0.2) is 33.7 Å². The maximum absolute atomic E-state index is 13.9. The Kier molecular flexibility index (Phi) is 6.40. The number of hydrogen-bond acceptors (Lipinski definition) is 6. The maximum Gasteiger partial charge on any atom is 0.245 e. The van der Waals surface area contributed by atoms with E-state index in [0.29, 0.717) is 43.9 Å². The van der Waals surface area contributed by atoms with Crippen LogP contribution in [0.1, 0.15) is 31.0 Å². The molecule has 0 unspecified atom stereocenters. The molecule has 1 aromatic heterocycles. The van der Waals surface area contributed by atoms with E-state index >= 15 is 0 Å². The summed E-state index contributed by atoms with van der Waals surface area (Å²) in [6.45, 7) is 2.60. The molecule has 0 spiro atoms. The predicted molar refractivity (Wildman–Crippen MR) is 98.2 cm³/mol. The monoisotopic (exact) mass is 410 g/mol. The first-order valence-electron chi connectivity index (χ1n) is 9.19. The quantitative estimate of drug-likeness (QED) is 0.696. The summed E-state index contributed by atoms with van der Waals surface area (Å²) >= 11 is 0. The van der Waals surface area contributed by atoms with Gasteiger partial charge in [0.2, 0.25) is 21.8 Å². The van der Waals surface area contributed by atoms with Crippen LogP contribution >= 0.6 is 0 Å². The molecule has 1 amide bonds. The molecule has 2 aromatic rings. The molecule has 0 radical (unpaired) electrons. The summed E-state index contributed by atoms with van der Waals surface area (Å²) in [7, 11) is -3.89. The molecule has 0 saturated carbocycles. The van der Waals surface area contributed by atoms with Crippen LogP contribution < -0.4 is 5.32 Å². The van der Waals surface area contributed by atoms with Crippen LogP contribution in [0, 0.1) is 18.7 Å². The van der Waals surface area contributed by atoms with Gasteiger partial charge in [0.05, 0.1) is 0 Å². The lowest BCUT2D eigenvalue weighted by molar-refractivity contribution is -0.126. The minimum atomic E-state index is -3.89. The summed E-state index contributed by atoms with van der Waals surface area (Å²) in [6, 6.07) is 5.33. The number of halogens is 1. The van der Waals surface area contributed by atoms with Crippen molar-refractivity contribution in [2.45, 2.75) is 37.5 Å². The van der Waals surface area contributed by atoms with E-state index in [1.807, 2.05) is 0 Å². The molecule has 0 bridgehead atoms. The molecule has 8 nitrogen and oxygen atoms in total. The fourth-order valence-corrected chi connectivity index (χ4v) is 4.72. The van der Waals surface area contributed by atoms with Gasteiger partial charge in [0.15, 0.2) is 5.82 Å². The number of rotatable bonds is 7. The minimum Gasteiger partial charge on any atom is -0.356 e. The number of nitrogens with zero attached hydrogens (tertiary/aromatic N) is 3. The molecule has 10 heteroatoms. The number of nitrogens with one attached hydrogen (secondary N) is 1. The fourth-order valence-electron chi connectivity index (χ4n) is 3.19. The van der Waals surface area contributed by atoms with Crippen LogP contribution in [-0.4, -0.2) is 48.4 Å². The summed E-state index contributed by atoms with van der Waals surface area (Å²) in [5.74, 6) is 0.00992. The van der Waals surface area contributed by atoms with Crippen LogP contribution in [-0.2, 0) is 21.2 Å². The van der Waals surface area contributed by atoms with Gasteiger partial charge >= 0.3 is 0 Å². The van der Waals surface area contributed by atoms with Crippen molar-refractivity contribution in [3.8, 4) is 0 Å². The molecule has 3 rings (SSSR count). The lowest BCUT2D eigenvalue weighted by Crippen LogP contribution is -2.43. The number of hydrogen-bond donors (Lipinski definition) is 1. The van der Waals surface area contributed by atoms with Crippen molar-refractivity contribution in [3.63, 3.8) is 0 Å². The smallest absolute Gasteiger partial charge is 0.245 e. The molecular weight excluding hydrogens is 387 g/mol. The van der Waals surface area contributed by atoms with E-state index in [2.05, 4.69) is 15.5 Å². The first-order chi connectivity index (χ1) is 13.4. The number of aryl methyl sites for hydroxylation is 2. The molecule has 28 heavy (non-hydrogen) atoms. The molecule has 1 aliphatic heterocycles. The second-order valence-corrected chi connectivity index (χ2v) is 8.65. The van der Waals surface area contributed by atoms with Gasteiger partial charge in [0.25, 0.3) is 0 Å². The Balaban J connectivity index is 1.45. The lowest BCUT2D eigenvalue weighted by atomic mass is 9.97. The summed E-state index contributed by atoms with van der Waals surface area (Å²) in [5, 5.41) is 6.57. The van der Waals surface area contributed by atoms with E-state index in [4.69, 9.17) is 4.52 Å². The highest BCUT2D eigenvalue weighted by Gasteiger charge is 2.33. The van der Waals surface area contributed by atoms with Crippen molar-refractivity contribution in [1.29, 1.82) is 0 Å². The summed E-state index contributed by atoms with van der Waals surface area (Å²) in [5.41, 5.74) is 0. The van der Waals surface area contributed by atoms with E-state index in [-0.39, 0.29) is 29.8 Å². The first kappa shape index (κ1) is 20.4. The van der Waals surface area contributed by atoms with Crippen LogP contribution in [0.3, 0.4) is 0 Å². The van der Waals surface area contributed by atoms with Gasteiger partial charge in [-0.25, -0.2) is 12.8 Å². The second kappa shape index (κ2) is 8.78. The Morgan fingerprint density at radius 2 is 2.04 bits per heavy atom. The van der Waals surface area contributed by atoms with Gasteiger partial charge in [-0.1, -0.05) is 17.3 Å². The number of sulfonamides is 1. The molecule has 1 aromatic carbocycles. The zero-order valence-electron chi connectivity index (χ0n) is 15.6. The van der Waals surface area contributed by atoms with E-state index in [1.54, 1.807) is 6.92 Å². The summed E-state index contributed by atoms with van der Waals surface area (Å²) in [4.78, 5) is 16.1. The third-order valence-electron chi connectivity index (χ3n) is 4.72. The first-order valence-corrected chi connectivity index (χ1v) is 10.6. The molecule has 1 N–H and O–H groups in total. The largest absolute Gasteiger partial charge is 0.356 e. The van der Waals surface area contributed by atoms with E-state index < -0.39 is 15.8 Å². The zero-order chi connectivity index (χ0) is 20.1. The molecule has 1 aliphatic rings. The summed E-state index contributed by atoms with van der Waals surface area (Å²) < 4.78 is 45.3. The Morgan fingerprint density at radius 3 is 2.68 bits per heavy atom. The van der Waals surface area contributed by atoms with Gasteiger partial charge in [0.1, 0.15) is 10.7 Å². The third-order valence-corrected chi connectivity index (χ3v) is 6.65. The van der Waals surface area contributed by atoms with Crippen molar-refractivity contribution in [2.75, 3.05) is 19.6 Å². The Labute approximate surface area is 163 Å². The fraction of sp³-hybridized carbons (Fsp3) is 0.500. The third kappa shape index (κ3) is 4.74. The molecule has 1 fully saturated rings. The highest BCUT2D eigenvalue weighted by Crippen LogP contribution is 2.25. The number of carbonyl (C=O) groups excluding carboxylic acids is 1.